The molecule has 2 aliphatic rings. The van der Waals surface area contributed by atoms with Crippen LogP contribution >= 0.6 is 0 Å². The van der Waals surface area contributed by atoms with Crippen LogP contribution in [0.2, 0.25) is 0 Å². The van der Waals surface area contributed by atoms with Crippen molar-refractivity contribution in [3.63, 3.8) is 0 Å². The van der Waals surface area contributed by atoms with Crippen molar-refractivity contribution in [2.24, 2.45) is 11.8 Å². The molecule has 2 fully saturated rings. The molecule has 0 aromatic heterocycles. The molecule has 2 heterocycles. The number of rotatable bonds is 3. The fraction of sp³-hybridized carbons (Fsp3) is 1.00. The van der Waals surface area contributed by atoms with E-state index in [1.807, 2.05) is 0 Å². The lowest BCUT2D eigenvalue weighted by atomic mass is 9.87. The van der Waals surface area contributed by atoms with Gasteiger partial charge in [-0.25, -0.2) is 12.7 Å². The Labute approximate surface area is 124 Å². The standard InChI is InChI=1S/C15H30N2O2S/c1-12(2)13-6-8-17(9-7-13)20(18,19)14-10-16(11-14)15(3,4)5/h12-14H,6-11H2,1-5H3. The zero-order chi connectivity index (χ0) is 15.1. The average Bonchev–Trinajstić information content (AvgIpc) is 2.24. The summed E-state index contributed by atoms with van der Waals surface area (Å²) >= 11 is 0. The highest BCUT2D eigenvalue weighted by molar-refractivity contribution is 7.89. The molecular weight excluding hydrogens is 272 g/mol. The Morgan fingerprint density at radius 3 is 1.95 bits per heavy atom. The van der Waals surface area contributed by atoms with Crippen LogP contribution in [0.4, 0.5) is 0 Å². The van der Waals surface area contributed by atoms with Crippen LogP contribution in [-0.2, 0) is 10.0 Å². The minimum Gasteiger partial charge on any atom is -0.296 e. The summed E-state index contributed by atoms with van der Waals surface area (Å²) in [4.78, 5) is 2.25. The van der Waals surface area contributed by atoms with Crippen LogP contribution in [0.1, 0.15) is 47.5 Å². The molecular formula is C15H30N2O2S. The molecule has 0 aromatic carbocycles. The van der Waals surface area contributed by atoms with Crippen LogP contribution in [0.3, 0.4) is 0 Å². The Bertz CT molecular complexity index is 425. The van der Waals surface area contributed by atoms with Gasteiger partial charge in [0.05, 0.1) is 0 Å². The van der Waals surface area contributed by atoms with Gasteiger partial charge in [-0.05, 0) is 45.4 Å². The van der Waals surface area contributed by atoms with E-state index in [9.17, 15) is 8.42 Å². The van der Waals surface area contributed by atoms with Crippen molar-refractivity contribution in [1.29, 1.82) is 0 Å². The predicted octanol–water partition coefficient (Wildman–Crippen LogP) is 2.17. The molecule has 0 saturated carbocycles. The molecule has 0 spiro atoms. The third-order valence-corrected chi connectivity index (χ3v) is 7.24. The molecule has 0 aliphatic carbocycles. The minimum atomic E-state index is -3.08. The van der Waals surface area contributed by atoms with Gasteiger partial charge in [0.2, 0.25) is 10.0 Å². The van der Waals surface area contributed by atoms with Crippen molar-refractivity contribution in [2.75, 3.05) is 26.2 Å². The first-order chi connectivity index (χ1) is 9.12. The second-order valence-corrected chi connectivity index (χ2v) is 9.94. The first kappa shape index (κ1) is 16.2. The molecule has 0 N–H and O–H groups in total. The van der Waals surface area contributed by atoms with Crippen molar-refractivity contribution in [3.8, 4) is 0 Å². The molecule has 0 radical (unpaired) electrons. The molecule has 0 atom stereocenters. The molecule has 0 aromatic rings. The van der Waals surface area contributed by atoms with Gasteiger partial charge >= 0.3 is 0 Å². The van der Waals surface area contributed by atoms with Crippen molar-refractivity contribution >= 4 is 10.0 Å². The molecule has 2 rings (SSSR count). The lowest BCUT2D eigenvalue weighted by molar-refractivity contribution is 0.0695. The summed E-state index contributed by atoms with van der Waals surface area (Å²) in [5.41, 5.74) is 0.0800. The molecule has 118 valence electrons. The van der Waals surface area contributed by atoms with Gasteiger partial charge in [-0.3, -0.25) is 4.90 Å². The zero-order valence-electron chi connectivity index (χ0n) is 13.6. The first-order valence-electron chi connectivity index (χ1n) is 7.86. The van der Waals surface area contributed by atoms with Crippen molar-refractivity contribution in [3.05, 3.63) is 0 Å². The minimum absolute atomic E-state index is 0.0800. The Hall–Kier alpha value is -0.130. The van der Waals surface area contributed by atoms with E-state index in [-0.39, 0.29) is 10.8 Å². The molecule has 0 unspecified atom stereocenters. The number of sulfonamides is 1. The van der Waals surface area contributed by atoms with Gasteiger partial charge in [0.15, 0.2) is 0 Å². The maximum absolute atomic E-state index is 12.6. The lowest BCUT2D eigenvalue weighted by Crippen LogP contribution is -2.63. The van der Waals surface area contributed by atoms with Crippen molar-refractivity contribution in [2.45, 2.75) is 58.2 Å². The summed E-state index contributed by atoms with van der Waals surface area (Å²) in [6, 6.07) is 0. The fourth-order valence-electron chi connectivity index (χ4n) is 3.18. The highest BCUT2D eigenvalue weighted by atomic mass is 32.2. The van der Waals surface area contributed by atoms with E-state index >= 15 is 0 Å². The lowest BCUT2D eigenvalue weighted by Gasteiger charge is -2.48. The third-order valence-electron chi connectivity index (χ3n) is 5.02. The largest absolute Gasteiger partial charge is 0.296 e. The molecule has 0 bridgehead atoms. The maximum Gasteiger partial charge on any atom is 0.219 e. The predicted molar refractivity (Wildman–Crippen MR) is 83.2 cm³/mol. The normalized spacial score (nSPS) is 25.1. The van der Waals surface area contributed by atoms with E-state index in [4.69, 9.17) is 0 Å². The molecule has 20 heavy (non-hydrogen) atoms. The Balaban J connectivity index is 1.90. The summed E-state index contributed by atoms with van der Waals surface area (Å²) in [7, 11) is -3.08. The third kappa shape index (κ3) is 3.20. The summed E-state index contributed by atoms with van der Waals surface area (Å²) in [6.07, 6.45) is 2.04. The van der Waals surface area contributed by atoms with Gasteiger partial charge in [0, 0.05) is 31.7 Å². The quantitative estimate of drug-likeness (QED) is 0.802. The van der Waals surface area contributed by atoms with Gasteiger partial charge in [-0.1, -0.05) is 13.8 Å². The van der Waals surface area contributed by atoms with Crippen LogP contribution in [0.5, 0.6) is 0 Å². The number of likely N-dealkylation sites (tertiary alicyclic amines) is 1. The Kier molecular flexibility index (Phi) is 4.53. The van der Waals surface area contributed by atoms with Crippen molar-refractivity contribution in [1.82, 2.24) is 9.21 Å². The van der Waals surface area contributed by atoms with Gasteiger partial charge in [-0.15, -0.1) is 0 Å². The smallest absolute Gasteiger partial charge is 0.219 e. The van der Waals surface area contributed by atoms with Gasteiger partial charge in [-0.2, -0.15) is 0 Å². The second-order valence-electron chi connectivity index (χ2n) is 7.72. The van der Waals surface area contributed by atoms with E-state index in [0.29, 0.717) is 24.9 Å². The van der Waals surface area contributed by atoms with Crippen LogP contribution in [-0.4, -0.2) is 54.6 Å². The SMILES string of the molecule is CC(C)C1CCN(S(=O)(=O)C2CN(C(C)(C)C)C2)CC1. The summed E-state index contributed by atoms with van der Waals surface area (Å²) in [5.74, 6) is 1.36. The Morgan fingerprint density at radius 2 is 1.55 bits per heavy atom. The highest BCUT2D eigenvalue weighted by Crippen LogP contribution is 2.31. The van der Waals surface area contributed by atoms with E-state index in [2.05, 4.69) is 39.5 Å². The highest BCUT2D eigenvalue weighted by Gasteiger charge is 2.44. The molecule has 5 heteroatoms. The summed E-state index contributed by atoms with van der Waals surface area (Å²) in [5, 5.41) is -0.183. The van der Waals surface area contributed by atoms with Gasteiger partial charge in [0.25, 0.3) is 0 Å². The first-order valence-corrected chi connectivity index (χ1v) is 9.36. The molecule has 2 aliphatic heterocycles. The summed E-state index contributed by atoms with van der Waals surface area (Å²) in [6.45, 7) is 13.7. The second kappa shape index (κ2) is 5.58. The maximum atomic E-state index is 12.6. The van der Waals surface area contributed by atoms with Crippen LogP contribution in [0.15, 0.2) is 0 Å². The molecule has 4 nitrogen and oxygen atoms in total. The van der Waals surface area contributed by atoms with Crippen LogP contribution in [0, 0.1) is 11.8 Å². The van der Waals surface area contributed by atoms with Crippen LogP contribution in [0.25, 0.3) is 0 Å². The molecule has 0 amide bonds. The monoisotopic (exact) mass is 302 g/mol. The van der Waals surface area contributed by atoms with Crippen molar-refractivity contribution < 1.29 is 8.42 Å². The van der Waals surface area contributed by atoms with Crippen LogP contribution < -0.4 is 0 Å². The number of piperidine rings is 1. The van der Waals surface area contributed by atoms with Gasteiger partial charge < -0.3 is 0 Å². The van der Waals surface area contributed by atoms with E-state index in [1.165, 1.54) is 0 Å². The Morgan fingerprint density at radius 1 is 1.05 bits per heavy atom. The topological polar surface area (TPSA) is 40.6 Å². The number of nitrogens with zero attached hydrogens (tertiary/aromatic N) is 2. The summed E-state index contributed by atoms with van der Waals surface area (Å²) < 4.78 is 27.0. The van der Waals surface area contributed by atoms with E-state index in [0.717, 1.165) is 25.9 Å². The average molecular weight is 302 g/mol. The molecule has 2 saturated heterocycles. The number of hydrogen-bond donors (Lipinski definition) is 0. The van der Waals surface area contributed by atoms with E-state index < -0.39 is 10.0 Å². The number of hydrogen-bond acceptors (Lipinski definition) is 3. The van der Waals surface area contributed by atoms with Gasteiger partial charge in [0.1, 0.15) is 5.25 Å². The van der Waals surface area contributed by atoms with E-state index in [1.54, 1.807) is 4.31 Å². The fourth-order valence-corrected chi connectivity index (χ4v) is 5.06. The zero-order valence-corrected chi connectivity index (χ0v) is 14.4.